The molecular weight excluding hydrogens is 270 g/mol. The number of hydrogen-bond acceptors (Lipinski definition) is 3. The van der Waals surface area contributed by atoms with E-state index in [1.807, 2.05) is 24.3 Å². The van der Waals surface area contributed by atoms with Crippen LogP contribution in [0.2, 0.25) is 0 Å². The fourth-order valence-corrected chi connectivity index (χ4v) is 3.35. The highest BCUT2D eigenvalue weighted by atomic mass is 32.2. The van der Waals surface area contributed by atoms with Gasteiger partial charge in [0.05, 0.1) is 5.60 Å². The van der Waals surface area contributed by atoms with Crippen LogP contribution in [0.15, 0.2) is 29.2 Å². The van der Waals surface area contributed by atoms with E-state index in [2.05, 4.69) is 12.2 Å². The highest BCUT2D eigenvalue weighted by Gasteiger charge is 2.29. The van der Waals surface area contributed by atoms with Crippen LogP contribution in [0.25, 0.3) is 0 Å². The Morgan fingerprint density at radius 3 is 2.80 bits per heavy atom. The number of carbonyl (C=O) groups is 1. The van der Waals surface area contributed by atoms with Crippen molar-refractivity contribution in [3.05, 3.63) is 29.8 Å². The number of hydrogen-bond donors (Lipinski definition) is 2. The van der Waals surface area contributed by atoms with Crippen molar-refractivity contribution in [2.75, 3.05) is 12.3 Å². The Balaban J connectivity index is 1.92. The third kappa shape index (κ3) is 4.25. The lowest BCUT2D eigenvalue weighted by atomic mass is 9.85. The number of amides is 1. The minimum absolute atomic E-state index is 0.0949. The normalized spacial score (nSPS) is 17.7. The van der Waals surface area contributed by atoms with E-state index in [4.69, 9.17) is 0 Å². The van der Waals surface area contributed by atoms with Crippen molar-refractivity contribution in [2.24, 2.45) is 0 Å². The fourth-order valence-electron chi connectivity index (χ4n) is 2.63. The molecule has 2 rings (SSSR count). The summed E-state index contributed by atoms with van der Waals surface area (Å²) in [5.74, 6) is 0.896. The summed E-state index contributed by atoms with van der Waals surface area (Å²) in [4.78, 5) is 13.3. The van der Waals surface area contributed by atoms with Crippen LogP contribution in [0.4, 0.5) is 0 Å². The van der Waals surface area contributed by atoms with E-state index in [1.54, 1.807) is 11.8 Å². The third-order valence-corrected chi connectivity index (χ3v) is 4.65. The molecule has 110 valence electrons. The molecule has 1 saturated carbocycles. The molecular formula is C16H23NO2S. The zero-order chi connectivity index (χ0) is 14.4. The van der Waals surface area contributed by atoms with E-state index >= 15 is 0 Å². The van der Waals surface area contributed by atoms with Crippen LogP contribution < -0.4 is 5.32 Å². The molecule has 3 nitrogen and oxygen atoms in total. The number of carbonyl (C=O) groups excluding carboxylic acids is 1. The van der Waals surface area contributed by atoms with E-state index in [0.717, 1.165) is 36.3 Å². The molecule has 1 aromatic rings. The molecule has 0 aromatic heterocycles. The van der Waals surface area contributed by atoms with Gasteiger partial charge in [0, 0.05) is 17.0 Å². The smallest absolute Gasteiger partial charge is 0.251 e. The number of thioether (sulfide) groups is 1. The van der Waals surface area contributed by atoms with Gasteiger partial charge < -0.3 is 10.4 Å². The molecule has 1 aromatic carbocycles. The molecule has 0 atom stereocenters. The Hall–Kier alpha value is -1.00. The Morgan fingerprint density at radius 1 is 1.35 bits per heavy atom. The first kappa shape index (κ1) is 15.4. The van der Waals surface area contributed by atoms with Gasteiger partial charge in [-0.1, -0.05) is 32.3 Å². The molecule has 0 unspecified atom stereocenters. The highest BCUT2D eigenvalue weighted by Crippen LogP contribution is 2.27. The second-order valence-corrected chi connectivity index (χ2v) is 6.77. The van der Waals surface area contributed by atoms with Crippen LogP contribution in [0.3, 0.4) is 0 Å². The molecule has 4 heteroatoms. The van der Waals surface area contributed by atoms with Gasteiger partial charge in [-0.15, -0.1) is 11.8 Å². The van der Waals surface area contributed by atoms with Crippen molar-refractivity contribution in [1.29, 1.82) is 0 Å². The molecule has 2 N–H and O–H groups in total. The van der Waals surface area contributed by atoms with Crippen LogP contribution in [-0.4, -0.2) is 28.9 Å². The zero-order valence-corrected chi connectivity index (χ0v) is 12.8. The van der Waals surface area contributed by atoms with Crippen LogP contribution in [0, 0.1) is 0 Å². The monoisotopic (exact) mass is 293 g/mol. The van der Waals surface area contributed by atoms with E-state index in [1.165, 1.54) is 6.42 Å². The molecule has 0 heterocycles. The maximum atomic E-state index is 12.2. The van der Waals surface area contributed by atoms with Crippen molar-refractivity contribution < 1.29 is 9.90 Å². The summed E-state index contributed by atoms with van der Waals surface area (Å²) in [5, 5.41) is 13.3. The second kappa shape index (κ2) is 7.14. The van der Waals surface area contributed by atoms with E-state index < -0.39 is 5.60 Å². The summed E-state index contributed by atoms with van der Waals surface area (Å²) < 4.78 is 0. The average molecular weight is 293 g/mol. The van der Waals surface area contributed by atoms with E-state index in [9.17, 15) is 9.90 Å². The maximum absolute atomic E-state index is 12.2. The van der Waals surface area contributed by atoms with Gasteiger partial charge in [0.25, 0.3) is 5.91 Å². The van der Waals surface area contributed by atoms with Crippen LogP contribution in [0.1, 0.15) is 49.4 Å². The quantitative estimate of drug-likeness (QED) is 0.820. The molecule has 0 radical (unpaired) electrons. The molecule has 1 fully saturated rings. The molecule has 20 heavy (non-hydrogen) atoms. The summed E-state index contributed by atoms with van der Waals surface area (Å²) >= 11 is 1.72. The number of rotatable bonds is 5. The van der Waals surface area contributed by atoms with E-state index in [-0.39, 0.29) is 5.91 Å². The number of nitrogens with one attached hydrogen (secondary N) is 1. The van der Waals surface area contributed by atoms with Gasteiger partial charge in [-0.2, -0.15) is 0 Å². The van der Waals surface area contributed by atoms with Crippen LogP contribution in [-0.2, 0) is 0 Å². The van der Waals surface area contributed by atoms with Crippen molar-refractivity contribution >= 4 is 17.7 Å². The minimum Gasteiger partial charge on any atom is -0.388 e. The van der Waals surface area contributed by atoms with Crippen molar-refractivity contribution in [3.8, 4) is 0 Å². The maximum Gasteiger partial charge on any atom is 0.251 e. The van der Waals surface area contributed by atoms with Crippen molar-refractivity contribution in [1.82, 2.24) is 5.32 Å². The van der Waals surface area contributed by atoms with Gasteiger partial charge in [-0.3, -0.25) is 4.79 Å². The number of benzene rings is 1. The third-order valence-electron chi connectivity index (χ3n) is 3.77. The highest BCUT2D eigenvalue weighted by molar-refractivity contribution is 7.99. The predicted octanol–water partition coefficient (Wildman–Crippen LogP) is 3.22. The largest absolute Gasteiger partial charge is 0.388 e. The van der Waals surface area contributed by atoms with Gasteiger partial charge in [-0.05, 0) is 36.8 Å². The second-order valence-electron chi connectivity index (χ2n) is 5.43. The number of aliphatic hydroxyl groups is 1. The standard InChI is InChI=1S/C16H23NO2S/c1-2-20-14-8-6-7-13(11-14)15(18)17-12-16(19)9-4-3-5-10-16/h6-8,11,19H,2-5,9-10,12H2,1H3,(H,17,18). The summed E-state index contributed by atoms with van der Waals surface area (Å²) in [6, 6.07) is 7.65. The molecule has 1 aliphatic carbocycles. The summed E-state index contributed by atoms with van der Waals surface area (Å²) in [6.07, 6.45) is 4.87. The van der Waals surface area contributed by atoms with Gasteiger partial charge in [0.15, 0.2) is 0 Å². The van der Waals surface area contributed by atoms with Gasteiger partial charge in [-0.25, -0.2) is 0 Å². The summed E-state index contributed by atoms with van der Waals surface area (Å²) in [6.45, 7) is 2.45. The van der Waals surface area contributed by atoms with Crippen LogP contribution in [0.5, 0.6) is 0 Å². The van der Waals surface area contributed by atoms with Gasteiger partial charge in [0.2, 0.25) is 0 Å². The predicted molar refractivity (Wildman–Crippen MR) is 83.2 cm³/mol. The Kier molecular flexibility index (Phi) is 5.49. The molecule has 0 spiro atoms. The molecule has 0 bridgehead atoms. The van der Waals surface area contributed by atoms with Gasteiger partial charge >= 0.3 is 0 Å². The fraction of sp³-hybridized carbons (Fsp3) is 0.562. The molecule has 0 saturated heterocycles. The lowest BCUT2D eigenvalue weighted by Crippen LogP contribution is -2.44. The minimum atomic E-state index is -0.705. The van der Waals surface area contributed by atoms with Gasteiger partial charge in [0.1, 0.15) is 0 Å². The first-order chi connectivity index (χ1) is 9.63. The lowest BCUT2D eigenvalue weighted by molar-refractivity contribution is 0.00525. The van der Waals surface area contributed by atoms with E-state index in [0.29, 0.717) is 12.1 Å². The molecule has 0 aliphatic heterocycles. The molecule has 1 aliphatic rings. The van der Waals surface area contributed by atoms with Crippen molar-refractivity contribution in [3.63, 3.8) is 0 Å². The molecule has 1 amide bonds. The topological polar surface area (TPSA) is 49.3 Å². The summed E-state index contributed by atoms with van der Waals surface area (Å²) in [7, 11) is 0. The zero-order valence-electron chi connectivity index (χ0n) is 12.0. The lowest BCUT2D eigenvalue weighted by Gasteiger charge is -2.32. The Labute approximate surface area is 125 Å². The summed E-state index contributed by atoms with van der Waals surface area (Å²) in [5.41, 5.74) is -0.0354. The first-order valence-corrected chi connectivity index (χ1v) is 8.35. The first-order valence-electron chi connectivity index (χ1n) is 7.36. The Bertz CT molecular complexity index is 456. The van der Waals surface area contributed by atoms with Crippen LogP contribution >= 0.6 is 11.8 Å². The van der Waals surface area contributed by atoms with Crippen molar-refractivity contribution in [2.45, 2.75) is 49.5 Å². The average Bonchev–Trinajstić information content (AvgIpc) is 2.46. The Morgan fingerprint density at radius 2 is 2.10 bits per heavy atom. The SMILES string of the molecule is CCSc1cccc(C(=O)NCC2(O)CCCCC2)c1.